The van der Waals surface area contributed by atoms with Gasteiger partial charge in [0.25, 0.3) is 11.5 Å². The van der Waals surface area contributed by atoms with Crippen molar-refractivity contribution in [2.45, 2.75) is 32.8 Å². The number of aromatic nitrogens is 2. The average Bonchev–Trinajstić information content (AvgIpc) is 3.23. The zero-order valence-corrected chi connectivity index (χ0v) is 16.2. The second-order valence-corrected chi connectivity index (χ2v) is 8.02. The van der Waals surface area contributed by atoms with Gasteiger partial charge in [0.15, 0.2) is 0 Å². The number of carbonyl (C=O) groups is 2. The molecule has 2 amide bonds. The fourth-order valence-electron chi connectivity index (χ4n) is 3.27. The first-order chi connectivity index (χ1) is 12.7. The van der Waals surface area contributed by atoms with Crippen molar-refractivity contribution in [2.24, 2.45) is 13.0 Å². The van der Waals surface area contributed by atoms with Crippen molar-refractivity contribution in [2.75, 3.05) is 19.6 Å². The highest BCUT2D eigenvalue weighted by molar-refractivity contribution is 6.05. The van der Waals surface area contributed by atoms with Crippen LogP contribution in [-0.2, 0) is 11.8 Å². The molecule has 1 aliphatic rings. The molecule has 2 aromatic heterocycles. The Hall–Kier alpha value is -2.77. The Morgan fingerprint density at radius 1 is 1.37 bits per heavy atom. The van der Waals surface area contributed by atoms with Gasteiger partial charge in [-0.2, -0.15) is 0 Å². The Kier molecular flexibility index (Phi) is 4.99. The van der Waals surface area contributed by atoms with Crippen LogP contribution in [0.5, 0.6) is 0 Å². The summed E-state index contributed by atoms with van der Waals surface area (Å²) >= 11 is 0. The lowest BCUT2D eigenvalue weighted by Crippen LogP contribution is -2.36. The lowest BCUT2D eigenvalue weighted by atomic mass is 10.1. The number of hydrogen-bond acceptors (Lipinski definition) is 4. The lowest BCUT2D eigenvalue weighted by Gasteiger charge is -2.24. The largest absolute Gasteiger partial charge is 0.444 e. The van der Waals surface area contributed by atoms with Gasteiger partial charge in [-0.15, -0.1) is 0 Å². The molecule has 146 valence electrons. The van der Waals surface area contributed by atoms with Gasteiger partial charge < -0.3 is 24.5 Å². The molecule has 0 spiro atoms. The number of ether oxygens (including phenoxy) is 1. The van der Waals surface area contributed by atoms with Crippen LogP contribution in [0.3, 0.4) is 0 Å². The zero-order valence-electron chi connectivity index (χ0n) is 16.2. The molecule has 0 bridgehead atoms. The summed E-state index contributed by atoms with van der Waals surface area (Å²) in [6.45, 7) is 7.17. The van der Waals surface area contributed by atoms with Gasteiger partial charge in [0.1, 0.15) is 11.1 Å². The van der Waals surface area contributed by atoms with Gasteiger partial charge in [-0.05, 0) is 39.2 Å². The van der Waals surface area contributed by atoms with Crippen molar-refractivity contribution < 1.29 is 14.3 Å². The standard InChI is InChI=1S/C19H26N4O4/c1-19(2,3)27-18(26)23-8-6-12(10-23)9-21-16(24)14-11-22(4)17(25)15-13(14)5-7-20-15/h5,7,11-12,20H,6,8-10H2,1-4H3,(H,21,24). The first kappa shape index (κ1) is 19.0. The molecule has 1 saturated heterocycles. The minimum atomic E-state index is -0.519. The second kappa shape index (κ2) is 7.09. The number of H-pyrrole nitrogens is 1. The first-order valence-corrected chi connectivity index (χ1v) is 9.08. The van der Waals surface area contributed by atoms with E-state index in [2.05, 4.69) is 10.3 Å². The SMILES string of the molecule is Cn1cc(C(=O)NCC2CCN(C(=O)OC(C)(C)C)C2)c2cc[nH]c2c1=O. The van der Waals surface area contributed by atoms with Crippen LogP contribution in [0, 0.1) is 5.92 Å². The quantitative estimate of drug-likeness (QED) is 0.857. The molecule has 8 heteroatoms. The van der Waals surface area contributed by atoms with E-state index in [-0.39, 0.29) is 23.5 Å². The van der Waals surface area contributed by atoms with Crippen molar-refractivity contribution in [3.05, 3.63) is 34.4 Å². The molecule has 3 rings (SSSR count). The van der Waals surface area contributed by atoms with Gasteiger partial charge in [-0.1, -0.05) is 0 Å². The first-order valence-electron chi connectivity index (χ1n) is 9.08. The number of carbonyl (C=O) groups excluding carboxylic acids is 2. The van der Waals surface area contributed by atoms with Crippen LogP contribution in [0.4, 0.5) is 4.79 Å². The molecular weight excluding hydrogens is 348 g/mol. The fraction of sp³-hybridized carbons (Fsp3) is 0.526. The third-order valence-corrected chi connectivity index (χ3v) is 4.63. The van der Waals surface area contributed by atoms with Crippen LogP contribution in [-0.4, -0.2) is 51.7 Å². The van der Waals surface area contributed by atoms with E-state index in [0.717, 1.165) is 6.42 Å². The predicted octanol–water partition coefficient (Wildman–Crippen LogP) is 1.85. The van der Waals surface area contributed by atoms with Gasteiger partial charge in [0, 0.05) is 44.5 Å². The maximum Gasteiger partial charge on any atom is 0.410 e. The Balaban J connectivity index is 1.61. The Morgan fingerprint density at radius 3 is 2.81 bits per heavy atom. The number of amides is 2. The number of rotatable bonds is 3. The maximum atomic E-state index is 12.6. The van der Waals surface area contributed by atoms with Gasteiger partial charge in [-0.3, -0.25) is 9.59 Å². The number of hydrogen-bond donors (Lipinski definition) is 2. The molecule has 2 aromatic rings. The van der Waals surface area contributed by atoms with Crippen molar-refractivity contribution in [1.82, 2.24) is 19.8 Å². The molecule has 0 aliphatic carbocycles. The Bertz CT molecular complexity index is 922. The van der Waals surface area contributed by atoms with E-state index in [1.165, 1.54) is 4.57 Å². The number of pyridine rings is 1. The molecule has 0 saturated carbocycles. The van der Waals surface area contributed by atoms with Crippen LogP contribution in [0.25, 0.3) is 10.9 Å². The Labute approximate surface area is 157 Å². The average molecular weight is 374 g/mol. The van der Waals surface area contributed by atoms with Gasteiger partial charge >= 0.3 is 6.09 Å². The zero-order chi connectivity index (χ0) is 19.8. The molecule has 1 unspecified atom stereocenters. The van der Waals surface area contributed by atoms with Crippen molar-refractivity contribution in [1.29, 1.82) is 0 Å². The number of fused-ring (bicyclic) bond motifs is 1. The molecule has 2 N–H and O–H groups in total. The van der Waals surface area contributed by atoms with E-state index < -0.39 is 5.60 Å². The predicted molar refractivity (Wildman–Crippen MR) is 102 cm³/mol. The summed E-state index contributed by atoms with van der Waals surface area (Å²) in [6.07, 6.45) is 3.70. The maximum absolute atomic E-state index is 12.6. The third kappa shape index (κ3) is 4.15. The van der Waals surface area contributed by atoms with E-state index >= 15 is 0 Å². The van der Waals surface area contributed by atoms with Crippen LogP contribution in [0.2, 0.25) is 0 Å². The normalized spacial score (nSPS) is 17.3. The van der Waals surface area contributed by atoms with Crippen LogP contribution >= 0.6 is 0 Å². The minimum absolute atomic E-state index is 0.171. The molecule has 1 aliphatic heterocycles. The van der Waals surface area contributed by atoms with Crippen molar-refractivity contribution in [3.8, 4) is 0 Å². The monoisotopic (exact) mass is 374 g/mol. The molecular formula is C19H26N4O4. The number of aryl methyl sites for hydroxylation is 1. The number of aromatic amines is 1. The van der Waals surface area contributed by atoms with E-state index in [9.17, 15) is 14.4 Å². The summed E-state index contributed by atoms with van der Waals surface area (Å²) in [5, 5.41) is 3.54. The van der Waals surface area contributed by atoms with Gasteiger partial charge in [-0.25, -0.2) is 4.79 Å². The highest BCUT2D eigenvalue weighted by atomic mass is 16.6. The summed E-state index contributed by atoms with van der Waals surface area (Å²) in [7, 11) is 1.62. The molecule has 0 radical (unpaired) electrons. The van der Waals surface area contributed by atoms with E-state index in [1.807, 2.05) is 20.8 Å². The number of nitrogens with one attached hydrogen (secondary N) is 2. The molecule has 1 fully saturated rings. The molecule has 1 atom stereocenters. The van der Waals surface area contributed by atoms with E-state index in [4.69, 9.17) is 4.74 Å². The summed E-state index contributed by atoms with van der Waals surface area (Å²) in [4.78, 5) is 41.4. The molecule has 27 heavy (non-hydrogen) atoms. The molecule has 8 nitrogen and oxygen atoms in total. The Morgan fingerprint density at radius 2 is 2.11 bits per heavy atom. The summed E-state index contributed by atoms with van der Waals surface area (Å²) in [6, 6.07) is 1.73. The van der Waals surface area contributed by atoms with Gasteiger partial charge in [0.2, 0.25) is 0 Å². The van der Waals surface area contributed by atoms with Crippen molar-refractivity contribution >= 4 is 22.9 Å². The lowest BCUT2D eigenvalue weighted by molar-refractivity contribution is 0.0288. The van der Waals surface area contributed by atoms with Crippen LogP contribution < -0.4 is 10.9 Å². The van der Waals surface area contributed by atoms with Gasteiger partial charge in [0.05, 0.1) is 5.56 Å². The number of likely N-dealkylation sites (tertiary alicyclic amines) is 1. The van der Waals surface area contributed by atoms with Crippen LogP contribution in [0.15, 0.2) is 23.3 Å². The summed E-state index contributed by atoms with van der Waals surface area (Å²) in [5.41, 5.74) is 0.182. The fourth-order valence-corrected chi connectivity index (χ4v) is 3.27. The summed E-state index contributed by atoms with van der Waals surface area (Å²) in [5.74, 6) is -0.0540. The molecule has 3 heterocycles. The third-order valence-electron chi connectivity index (χ3n) is 4.63. The molecule has 0 aromatic carbocycles. The number of nitrogens with zero attached hydrogens (tertiary/aromatic N) is 2. The van der Waals surface area contributed by atoms with Crippen LogP contribution in [0.1, 0.15) is 37.6 Å². The van der Waals surface area contributed by atoms with Crippen molar-refractivity contribution in [3.63, 3.8) is 0 Å². The highest BCUT2D eigenvalue weighted by Crippen LogP contribution is 2.19. The van der Waals surface area contributed by atoms with E-state index in [0.29, 0.717) is 36.1 Å². The highest BCUT2D eigenvalue weighted by Gasteiger charge is 2.30. The second-order valence-electron chi connectivity index (χ2n) is 8.02. The minimum Gasteiger partial charge on any atom is -0.444 e. The van der Waals surface area contributed by atoms with E-state index in [1.54, 1.807) is 30.4 Å². The topological polar surface area (TPSA) is 96.4 Å². The smallest absolute Gasteiger partial charge is 0.410 e. The summed E-state index contributed by atoms with van der Waals surface area (Å²) < 4.78 is 6.79.